The second-order valence-electron chi connectivity index (χ2n) is 4.51. The normalized spacial score (nSPS) is 17.3. The molecule has 0 aromatic carbocycles. The average molecular weight is 244 g/mol. The Kier molecular flexibility index (Phi) is 2.99. The second kappa shape index (κ2) is 4.46. The minimum absolute atomic E-state index is 0.0213. The molecule has 18 heavy (non-hydrogen) atoms. The second-order valence-corrected chi connectivity index (χ2v) is 4.51. The summed E-state index contributed by atoms with van der Waals surface area (Å²) in [5.41, 5.74) is -0.810. The highest BCUT2D eigenvalue weighted by Gasteiger charge is 2.42. The van der Waals surface area contributed by atoms with E-state index in [9.17, 15) is 4.79 Å². The summed E-state index contributed by atoms with van der Waals surface area (Å²) in [4.78, 5) is 15.5. The minimum atomic E-state index is -0.810. The first-order valence-electron chi connectivity index (χ1n) is 5.59. The minimum Gasteiger partial charge on any atom is -0.336 e. The van der Waals surface area contributed by atoms with Gasteiger partial charge in [0.15, 0.2) is 0 Å². The quantitative estimate of drug-likeness (QED) is 0.799. The van der Waals surface area contributed by atoms with Crippen LogP contribution in [0, 0.1) is 28.6 Å². The third-order valence-electron chi connectivity index (χ3n) is 2.97. The lowest BCUT2D eigenvalue weighted by molar-refractivity contribution is -0.123. The van der Waals surface area contributed by atoms with Crippen molar-refractivity contribution in [3.8, 4) is 12.1 Å². The molecule has 1 aromatic heterocycles. The molecule has 1 fully saturated rings. The largest absolute Gasteiger partial charge is 0.336 e. The molecule has 1 aliphatic carbocycles. The molecule has 1 unspecified atom stereocenters. The molecule has 92 valence electrons. The molecule has 1 amide bonds. The Morgan fingerprint density at radius 2 is 2.39 bits per heavy atom. The van der Waals surface area contributed by atoms with E-state index < -0.39 is 5.54 Å². The van der Waals surface area contributed by atoms with E-state index in [2.05, 4.69) is 21.5 Å². The molecule has 0 aliphatic heterocycles. The Morgan fingerprint density at radius 3 is 2.89 bits per heavy atom. The first-order chi connectivity index (χ1) is 8.57. The summed E-state index contributed by atoms with van der Waals surface area (Å²) in [6.45, 7) is 1.68. The van der Waals surface area contributed by atoms with Crippen LogP contribution in [0.2, 0.25) is 0 Å². The van der Waals surface area contributed by atoms with Gasteiger partial charge in [-0.2, -0.15) is 10.5 Å². The van der Waals surface area contributed by atoms with Crippen LogP contribution in [-0.2, 0) is 11.3 Å². The zero-order chi connectivity index (χ0) is 13.2. The number of hydrogen-bond donors (Lipinski definition) is 1. The third-order valence-corrected chi connectivity index (χ3v) is 2.97. The molecule has 1 heterocycles. The monoisotopic (exact) mass is 244 g/mol. The molecule has 1 atom stereocenters. The van der Waals surface area contributed by atoms with Crippen LogP contribution in [0.4, 0.5) is 0 Å². The molecule has 0 bridgehead atoms. The van der Waals surface area contributed by atoms with E-state index in [1.54, 1.807) is 13.0 Å². The van der Waals surface area contributed by atoms with Crippen LogP contribution < -0.4 is 5.32 Å². The molecule has 0 spiro atoms. The van der Waals surface area contributed by atoms with E-state index in [4.69, 9.17) is 10.5 Å². The van der Waals surface area contributed by atoms with Crippen LogP contribution >= 0.6 is 0 Å². The molecule has 1 aromatic rings. The maximum absolute atomic E-state index is 11.8. The number of rotatable bonds is 4. The van der Waals surface area contributed by atoms with Crippen LogP contribution in [-0.4, -0.2) is 26.2 Å². The van der Waals surface area contributed by atoms with Gasteiger partial charge in [0.2, 0.25) is 5.91 Å². The first-order valence-corrected chi connectivity index (χ1v) is 5.59. The molecular weight excluding hydrogens is 232 g/mol. The van der Waals surface area contributed by atoms with Gasteiger partial charge in [-0.3, -0.25) is 4.79 Å². The topological polar surface area (TPSA) is 107 Å². The highest BCUT2D eigenvalue weighted by Crippen LogP contribution is 2.39. The standard InChI is InChI=1S/C11H12N6O/c1-11(6-13,8-2-3-8)15-10(18)5-17-7-14-9(4-12)16-17/h7-8H,2-3,5H2,1H3,(H,15,18). The van der Waals surface area contributed by atoms with E-state index in [1.165, 1.54) is 11.0 Å². The number of amides is 1. The summed E-state index contributed by atoms with van der Waals surface area (Å²) < 4.78 is 1.28. The van der Waals surface area contributed by atoms with Crippen LogP contribution in [0.15, 0.2) is 6.33 Å². The predicted octanol–water partition coefficient (Wildman–Crippen LogP) is -0.0417. The van der Waals surface area contributed by atoms with Crippen LogP contribution in [0.5, 0.6) is 0 Å². The highest BCUT2D eigenvalue weighted by atomic mass is 16.2. The summed E-state index contributed by atoms with van der Waals surface area (Å²) in [7, 11) is 0. The predicted molar refractivity (Wildman–Crippen MR) is 59.6 cm³/mol. The molecule has 2 rings (SSSR count). The van der Waals surface area contributed by atoms with E-state index in [0.29, 0.717) is 0 Å². The van der Waals surface area contributed by atoms with Crippen molar-refractivity contribution < 1.29 is 4.79 Å². The molecule has 7 heteroatoms. The molecule has 0 saturated heterocycles. The highest BCUT2D eigenvalue weighted by molar-refractivity contribution is 5.77. The number of nitriles is 2. The van der Waals surface area contributed by atoms with Gasteiger partial charge in [0, 0.05) is 0 Å². The summed E-state index contributed by atoms with van der Waals surface area (Å²) in [5, 5.41) is 24.2. The van der Waals surface area contributed by atoms with Crippen molar-refractivity contribution in [1.82, 2.24) is 20.1 Å². The fourth-order valence-corrected chi connectivity index (χ4v) is 1.78. The lowest BCUT2D eigenvalue weighted by Gasteiger charge is -2.22. The Balaban J connectivity index is 1.96. The molecule has 1 saturated carbocycles. The van der Waals surface area contributed by atoms with Gasteiger partial charge in [-0.05, 0) is 25.7 Å². The average Bonchev–Trinajstić information content (AvgIpc) is 3.11. The molecule has 7 nitrogen and oxygen atoms in total. The summed E-state index contributed by atoms with van der Waals surface area (Å²) in [6.07, 6.45) is 3.25. The SMILES string of the molecule is CC(C#N)(NC(=O)Cn1cnc(C#N)n1)C1CC1. The van der Waals surface area contributed by atoms with Crippen LogP contribution in [0.1, 0.15) is 25.6 Å². The van der Waals surface area contributed by atoms with Crippen LogP contribution in [0.3, 0.4) is 0 Å². The number of carbonyl (C=O) groups is 1. The zero-order valence-electron chi connectivity index (χ0n) is 9.92. The van der Waals surface area contributed by atoms with Crippen LogP contribution in [0.25, 0.3) is 0 Å². The van der Waals surface area contributed by atoms with Gasteiger partial charge < -0.3 is 5.32 Å². The van der Waals surface area contributed by atoms with E-state index in [0.717, 1.165) is 12.8 Å². The van der Waals surface area contributed by atoms with Crippen molar-refractivity contribution in [2.24, 2.45) is 5.92 Å². The van der Waals surface area contributed by atoms with Crippen molar-refractivity contribution in [2.45, 2.75) is 31.8 Å². The lowest BCUT2D eigenvalue weighted by Crippen LogP contribution is -2.47. The van der Waals surface area contributed by atoms with Gasteiger partial charge in [-0.15, -0.1) is 5.10 Å². The van der Waals surface area contributed by atoms with Crippen molar-refractivity contribution in [1.29, 1.82) is 10.5 Å². The fraction of sp³-hybridized carbons (Fsp3) is 0.545. The molecule has 1 aliphatic rings. The maximum Gasteiger partial charge on any atom is 0.252 e. The summed E-state index contributed by atoms with van der Waals surface area (Å²) >= 11 is 0. The number of nitrogens with zero attached hydrogens (tertiary/aromatic N) is 5. The van der Waals surface area contributed by atoms with Crippen molar-refractivity contribution in [3.63, 3.8) is 0 Å². The van der Waals surface area contributed by atoms with E-state index in [-0.39, 0.29) is 24.2 Å². The fourth-order valence-electron chi connectivity index (χ4n) is 1.78. The zero-order valence-corrected chi connectivity index (χ0v) is 9.92. The summed E-state index contributed by atoms with van der Waals surface area (Å²) in [6, 6.07) is 3.93. The maximum atomic E-state index is 11.8. The van der Waals surface area contributed by atoms with Crippen molar-refractivity contribution >= 4 is 5.91 Å². The van der Waals surface area contributed by atoms with Gasteiger partial charge in [0.1, 0.15) is 24.5 Å². The number of aromatic nitrogens is 3. The van der Waals surface area contributed by atoms with Crippen molar-refractivity contribution in [2.75, 3.05) is 0 Å². The Hall–Kier alpha value is -2.41. The smallest absolute Gasteiger partial charge is 0.252 e. The van der Waals surface area contributed by atoms with Crippen molar-refractivity contribution in [3.05, 3.63) is 12.2 Å². The third kappa shape index (κ3) is 2.46. The van der Waals surface area contributed by atoms with E-state index >= 15 is 0 Å². The van der Waals surface area contributed by atoms with Gasteiger partial charge in [0.25, 0.3) is 5.82 Å². The Morgan fingerprint density at radius 1 is 1.67 bits per heavy atom. The summed E-state index contributed by atoms with van der Waals surface area (Å²) in [5.74, 6) is -0.0507. The van der Waals surface area contributed by atoms with Gasteiger partial charge in [0.05, 0.1) is 6.07 Å². The van der Waals surface area contributed by atoms with Gasteiger partial charge in [-0.1, -0.05) is 0 Å². The number of nitrogens with one attached hydrogen (secondary N) is 1. The molecule has 1 N–H and O–H groups in total. The van der Waals surface area contributed by atoms with E-state index in [1.807, 2.05) is 0 Å². The molecular formula is C11H12N6O. The Labute approximate surface area is 104 Å². The van der Waals surface area contributed by atoms with Gasteiger partial charge in [-0.25, -0.2) is 9.67 Å². The Bertz CT molecular complexity index is 547. The van der Waals surface area contributed by atoms with Gasteiger partial charge >= 0.3 is 0 Å². The number of hydrogen-bond acceptors (Lipinski definition) is 5. The molecule has 0 radical (unpaired) electrons. The first kappa shape index (κ1) is 12.1. The lowest BCUT2D eigenvalue weighted by atomic mass is 9.98. The number of carbonyl (C=O) groups excluding carboxylic acids is 1.